The van der Waals surface area contributed by atoms with Crippen molar-refractivity contribution in [2.75, 3.05) is 0 Å². The van der Waals surface area contributed by atoms with Crippen LogP contribution in [-0.2, 0) is 17.8 Å². The van der Waals surface area contributed by atoms with Crippen LogP contribution >= 0.6 is 0 Å². The first kappa shape index (κ1) is 12.7. The Morgan fingerprint density at radius 1 is 1.31 bits per heavy atom. The van der Waals surface area contributed by atoms with Gasteiger partial charge in [-0.25, -0.2) is 4.57 Å². The fourth-order valence-corrected chi connectivity index (χ4v) is 1.75. The summed E-state index contributed by atoms with van der Waals surface area (Å²) in [4.78, 5) is 10.7. The van der Waals surface area contributed by atoms with Gasteiger partial charge in [-0.15, -0.1) is 0 Å². The van der Waals surface area contributed by atoms with Crippen LogP contribution in [0.4, 0.5) is 0 Å². The Hall–Kier alpha value is -1.38. The molecule has 0 bridgehead atoms. The second-order valence-electron chi connectivity index (χ2n) is 4.02. The molecule has 0 spiro atoms. The first-order valence-corrected chi connectivity index (χ1v) is 5.93. The molecule has 0 fully saturated rings. The zero-order valence-electron chi connectivity index (χ0n) is 9.85. The van der Waals surface area contributed by atoms with Crippen LogP contribution in [0, 0.1) is 0 Å². The molecule has 1 N–H and O–H groups in total. The van der Waals surface area contributed by atoms with Crippen molar-refractivity contribution >= 4 is 5.97 Å². The van der Waals surface area contributed by atoms with Gasteiger partial charge >= 0.3 is 5.97 Å². The summed E-state index contributed by atoms with van der Waals surface area (Å²) in [5.74, 6) is -0.770. The van der Waals surface area contributed by atoms with E-state index in [1.165, 1.54) is 19.3 Å². The lowest BCUT2D eigenvalue weighted by Gasteiger charge is -2.01. The number of nitrogens with zero attached hydrogens (tertiary/aromatic N) is 1. The number of rotatable bonds is 7. The Bertz CT molecular complexity index is 336. The van der Waals surface area contributed by atoms with Gasteiger partial charge in [0.05, 0.1) is 0 Å². The summed E-state index contributed by atoms with van der Waals surface area (Å²) >= 11 is 0. The molecule has 0 saturated heterocycles. The van der Waals surface area contributed by atoms with Gasteiger partial charge in [-0.2, -0.15) is 0 Å². The maximum Gasteiger partial charge on any atom is 0.314 e. The van der Waals surface area contributed by atoms with Gasteiger partial charge in [0.1, 0.15) is 13.0 Å². The number of unbranched alkanes of at least 4 members (excludes halogenated alkanes) is 3. The second-order valence-corrected chi connectivity index (χ2v) is 4.02. The molecule has 0 aliphatic heterocycles. The average Bonchev–Trinajstić information content (AvgIpc) is 2.26. The summed E-state index contributed by atoms with van der Waals surface area (Å²) in [5.41, 5.74) is 0.881. The molecule has 3 heteroatoms. The second kappa shape index (κ2) is 6.99. The zero-order valence-corrected chi connectivity index (χ0v) is 9.85. The van der Waals surface area contributed by atoms with E-state index in [0.717, 1.165) is 18.7 Å². The molecular formula is C13H20NO2+. The van der Waals surface area contributed by atoms with E-state index in [1.54, 1.807) is 0 Å². The molecule has 16 heavy (non-hydrogen) atoms. The van der Waals surface area contributed by atoms with Crippen LogP contribution in [0.1, 0.15) is 38.3 Å². The molecule has 0 aromatic carbocycles. The van der Waals surface area contributed by atoms with Crippen LogP contribution < -0.4 is 4.57 Å². The minimum absolute atomic E-state index is 0.106. The van der Waals surface area contributed by atoms with E-state index in [9.17, 15) is 4.79 Å². The minimum atomic E-state index is -0.770. The third-order valence-corrected chi connectivity index (χ3v) is 2.62. The van der Waals surface area contributed by atoms with Gasteiger partial charge in [0.15, 0.2) is 11.9 Å². The third-order valence-electron chi connectivity index (χ3n) is 2.62. The predicted octanol–water partition coefficient (Wildman–Crippen LogP) is 2.18. The molecule has 0 radical (unpaired) electrons. The number of aromatic nitrogens is 1. The molecule has 0 aliphatic carbocycles. The van der Waals surface area contributed by atoms with E-state index in [1.807, 2.05) is 29.0 Å². The molecule has 0 amide bonds. The SMILES string of the molecule is CCCCCC[n+]1ccccc1CC(=O)O. The molecule has 0 saturated carbocycles. The van der Waals surface area contributed by atoms with Crippen molar-refractivity contribution < 1.29 is 14.5 Å². The monoisotopic (exact) mass is 222 g/mol. The highest BCUT2D eigenvalue weighted by Gasteiger charge is 2.12. The normalized spacial score (nSPS) is 10.3. The van der Waals surface area contributed by atoms with Gasteiger partial charge in [0, 0.05) is 18.6 Å². The number of hydrogen-bond donors (Lipinski definition) is 1. The topological polar surface area (TPSA) is 41.2 Å². The van der Waals surface area contributed by atoms with E-state index in [2.05, 4.69) is 6.92 Å². The van der Waals surface area contributed by atoms with Crippen LogP contribution in [-0.4, -0.2) is 11.1 Å². The van der Waals surface area contributed by atoms with E-state index < -0.39 is 5.97 Å². The van der Waals surface area contributed by atoms with Crippen LogP contribution in [0.2, 0.25) is 0 Å². The molecule has 1 heterocycles. The van der Waals surface area contributed by atoms with Crippen molar-refractivity contribution in [2.24, 2.45) is 0 Å². The minimum Gasteiger partial charge on any atom is -0.481 e. The smallest absolute Gasteiger partial charge is 0.314 e. The first-order valence-electron chi connectivity index (χ1n) is 5.93. The van der Waals surface area contributed by atoms with Gasteiger partial charge in [-0.05, 0) is 6.42 Å². The Morgan fingerprint density at radius 2 is 2.12 bits per heavy atom. The maximum atomic E-state index is 10.7. The number of carbonyl (C=O) groups is 1. The maximum absolute atomic E-state index is 10.7. The quantitative estimate of drug-likeness (QED) is 0.567. The molecule has 0 atom stereocenters. The Kier molecular flexibility index (Phi) is 5.54. The van der Waals surface area contributed by atoms with Crippen LogP contribution in [0.25, 0.3) is 0 Å². The van der Waals surface area contributed by atoms with Crippen molar-refractivity contribution in [3.8, 4) is 0 Å². The van der Waals surface area contributed by atoms with E-state index >= 15 is 0 Å². The lowest BCUT2D eigenvalue weighted by atomic mass is 10.2. The molecule has 88 valence electrons. The number of aryl methyl sites for hydroxylation is 1. The number of carboxylic acids is 1. The molecule has 1 aromatic rings. The molecule has 1 aromatic heterocycles. The number of hydrogen-bond acceptors (Lipinski definition) is 1. The van der Waals surface area contributed by atoms with E-state index in [-0.39, 0.29) is 6.42 Å². The van der Waals surface area contributed by atoms with Gasteiger partial charge in [0.25, 0.3) is 0 Å². The summed E-state index contributed by atoms with van der Waals surface area (Å²) in [7, 11) is 0. The zero-order chi connectivity index (χ0) is 11.8. The van der Waals surface area contributed by atoms with Crippen LogP contribution in [0.5, 0.6) is 0 Å². The summed E-state index contributed by atoms with van der Waals surface area (Å²) in [6.45, 7) is 3.11. The lowest BCUT2D eigenvalue weighted by Crippen LogP contribution is -2.38. The fraction of sp³-hybridized carbons (Fsp3) is 0.538. The highest BCUT2D eigenvalue weighted by Crippen LogP contribution is 2.00. The molecule has 3 nitrogen and oxygen atoms in total. The third kappa shape index (κ3) is 4.43. The van der Waals surface area contributed by atoms with Crippen molar-refractivity contribution in [1.82, 2.24) is 0 Å². The van der Waals surface area contributed by atoms with Crippen LogP contribution in [0.15, 0.2) is 24.4 Å². The summed E-state index contributed by atoms with van der Waals surface area (Å²) in [5, 5.41) is 8.79. The highest BCUT2D eigenvalue weighted by molar-refractivity contribution is 5.69. The number of carboxylic acid groups (broad SMARTS) is 1. The summed E-state index contributed by atoms with van der Waals surface area (Å²) in [6.07, 6.45) is 6.88. The molecule has 1 rings (SSSR count). The lowest BCUT2D eigenvalue weighted by molar-refractivity contribution is -0.704. The molecular weight excluding hydrogens is 202 g/mol. The van der Waals surface area contributed by atoms with Crippen molar-refractivity contribution in [3.05, 3.63) is 30.1 Å². The van der Waals surface area contributed by atoms with Crippen LogP contribution in [0.3, 0.4) is 0 Å². The summed E-state index contributed by atoms with van der Waals surface area (Å²) < 4.78 is 2.05. The van der Waals surface area contributed by atoms with Gasteiger partial charge in [0.2, 0.25) is 0 Å². The van der Waals surface area contributed by atoms with Gasteiger partial charge in [-0.3, -0.25) is 4.79 Å². The van der Waals surface area contributed by atoms with Gasteiger partial charge in [-0.1, -0.05) is 25.8 Å². The Balaban J connectivity index is 2.53. The standard InChI is InChI=1S/C13H19NO2/c1-2-3-4-6-9-14-10-7-5-8-12(14)11-13(15)16/h5,7-8,10H,2-4,6,9,11H2,1H3/p+1. The summed E-state index contributed by atoms with van der Waals surface area (Å²) in [6, 6.07) is 5.72. The first-order chi connectivity index (χ1) is 7.74. The average molecular weight is 222 g/mol. The number of aliphatic carboxylic acids is 1. The van der Waals surface area contributed by atoms with Crippen molar-refractivity contribution in [1.29, 1.82) is 0 Å². The van der Waals surface area contributed by atoms with Crippen molar-refractivity contribution in [3.63, 3.8) is 0 Å². The van der Waals surface area contributed by atoms with Gasteiger partial charge < -0.3 is 5.11 Å². The number of pyridine rings is 1. The predicted molar refractivity (Wildman–Crippen MR) is 62.1 cm³/mol. The van der Waals surface area contributed by atoms with E-state index in [4.69, 9.17) is 5.11 Å². The Labute approximate surface area is 96.7 Å². The van der Waals surface area contributed by atoms with E-state index in [0.29, 0.717) is 0 Å². The highest BCUT2D eigenvalue weighted by atomic mass is 16.4. The Morgan fingerprint density at radius 3 is 2.81 bits per heavy atom. The van der Waals surface area contributed by atoms with Crippen molar-refractivity contribution in [2.45, 2.75) is 45.6 Å². The molecule has 0 unspecified atom stereocenters. The molecule has 0 aliphatic rings. The fourth-order valence-electron chi connectivity index (χ4n) is 1.75. The largest absolute Gasteiger partial charge is 0.481 e.